The van der Waals surface area contributed by atoms with Crippen LogP contribution in [0, 0.1) is 6.92 Å². The van der Waals surface area contributed by atoms with Crippen molar-refractivity contribution in [2.45, 2.75) is 20.1 Å². The first-order valence-corrected chi connectivity index (χ1v) is 9.54. The van der Waals surface area contributed by atoms with Crippen molar-refractivity contribution >= 4 is 43.8 Å². The van der Waals surface area contributed by atoms with Gasteiger partial charge in [-0.05, 0) is 36.8 Å². The van der Waals surface area contributed by atoms with E-state index in [9.17, 15) is 14.4 Å². The third kappa shape index (κ3) is 3.84. The largest absolute Gasteiger partial charge is 0.459 e. The lowest BCUT2D eigenvalue weighted by Gasteiger charge is -2.09. The van der Waals surface area contributed by atoms with E-state index in [0.29, 0.717) is 27.4 Å². The molecule has 0 bridgehead atoms. The van der Waals surface area contributed by atoms with E-state index in [0.717, 1.165) is 10.0 Å². The van der Waals surface area contributed by atoms with Crippen LogP contribution in [0.4, 0.5) is 0 Å². The monoisotopic (exact) mass is 454 g/mol. The van der Waals surface area contributed by atoms with Crippen molar-refractivity contribution in [1.82, 2.24) is 9.55 Å². The highest BCUT2D eigenvalue weighted by Crippen LogP contribution is 2.22. The minimum atomic E-state index is -0.612. The number of carbonyl (C=O) groups is 1. The fraction of sp³-hybridized carbons (Fsp3) is 0.143. The van der Waals surface area contributed by atoms with Crippen molar-refractivity contribution in [1.29, 1.82) is 0 Å². The van der Waals surface area contributed by atoms with Crippen molar-refractivity contribution < 1.29 is 13.9 Å². The highest BCUT2D eigenvalue weighted by molar-refractivity contribution is 9.10. The van der Waals surface area contributed by atoms with E-state index in [-0.39, 0.29) is 18.7 Å². The molecule has 4 rings (SSSR count). The number of hydrogen-bond acceptors (Lipinski definition) is 6. The normalized spacial score (nSPS) is 11.1. The Morgan fingerprint density at radius 3 is 2.83 bits per heavy atom. The molecular weight excluding hydrogens is 440 g/mol. The number of para-hydroxylation sites is 1. The molecule has 0 atom stereocenters. The van der Waals surface area contributed by atoms with Gasteiger partial charge in [-0.15, -0.1) is 0 Å². The Labute approximate surface area is 172 Å². The Balaban J connectivity index is 1.55. The third-order valence-electron chi connectivity index (χ3n) is 4.54. The van der Waals surface area contributed by atoms with Crippen LogP contribution >= 0.6 is 15.9 Å². The van der Waals surface area contributed by atoms with E-state index < -0.39 is 11.6 Å². The molecular formula is C21H15BrN2O5. The Hall–Kier alpha value is -3.26. The molecule has 0 saturated carbocycles. The summed E-state index contributed by atoms with van der Waals surface area (Å²) in [5.74, 6) is -0.612. The maximum Gasteiger partial charge on any atom is 0.336 e. The molecule has 0 N–H and O–H groups in total. The van der Waals surface area contributed by atoms with E-state index in [2.05, 4.69) is 20.9 Å². The predicted octanol–water partition coefficient (Wildman–Crippen LogP) is 3.32. The van der Waals surface area contributed by atoms with Crippen molar-refractivity contribution in [3.63, 3.8) is 0 Å². The van der Waals surface area contributed by atoms with Crippen LogP contribution in [0.1, 0.15) is 11.1 Å². The zero-order valence-corrected chi connectivity index (χ0v) is 16.9. The first-order valence-electron chi connectivity index (χ1n) is 8.75. The standard InChI is InChI=1S/C21H15BrN2O5/c1-12-3-2-4-16-20(12)23-11-24(21(16)27)9-19(26)28-10-13-7-18(25)29-17-8-14(22)5-6-15(13)17/h2-8,11H,9-10H2,1H3. The maximum absolute atomic E-state index is 12.6. The average Bonchev–Trinajstić information content (AvgIpc) is 2.68. The number of nitrogens with zero attached hydrogens (tertiary/aromatic N) is 2. The zero-order chi connectivity index (χ0) is 20.5. The predicted molar refractivity (Wildman–Crippen MR) is 111 cm³/mol. The second-order valence-corrected chi connectivity index (χ2v) is 7.46. The minimum Gasteiger partial charge on any atom is -0.459 e. The summed E-state index contributed by atoms with van der Waals surface area (Å²) in [6.07, 6.45) is 1.34. The van der Waals surface area contributed by atoms with Gasteiger partial charge < -0.3 is 9.15 Å². The maximum atomic E-state index is 12.6. The van der Waals surface area contributed by atoms with Crippen molar-refractivity contribution in [2.24, 2.45) is 0 Å². The summed E-state index contributed by atoms with van der Waals surface area (Å²) in [4.78, 5) is 40.9. The number of rotatable bonds is 4. The van der Waals surface area contributed by atoms with Gasteiger partial charge in [0, 0.05) is 21.5 Å². The van der Waals surface area contributed by atoms with Crippen LogP contribution in [-0.2, 0) is 22.7 Å². The van der Waals surface area contributed by atoms with Gasteiger partial charge in [0.25, 0.3) is 5.56 Å². The highest BCUT2D eigenvalue weighted by Gasteiger charge is 2.12. The number of benzene rings is 2. The summed E-state index contributed by atoms with van der Waals surface area (Å²) in [6.45, 7) is 1.48. The fourth-order valence-corrected chi connectivity index (χ4v) is 3.46. The van der Waals surface area contributed by atoms with Crippen LogP contribution in [0.2, 0.25) is 0 Å². The van der Waals surface area contributed by atoms with Gasteiger partial charge in [-0.3, -0.25) is 14.2 Å². The molecule has 2 heterocycles. The lowest BCUT2D eigenvalue weighted by Crippen LogP contribution is -2.25. The Morgan fingerprint density at radius 1 is 1.17 bits per heavy atom. The van der Waals surface area contributed by atoms with Crippen molar-refractivity contribution in [3.8, 4) is 0 Å². The Morgan fingerprint density at radius 2 is 2.00 bits per heavy atom. The zero-order valence-electron chi connectivity index (χ0n) is 15.3. The summed E-state index contributed by atoms with van der Waals surface area (Å²) in [5.41, 5.74) is 1.56. The molecule has 0 aliphatic heterocycles. The van der Waals surface area contributed by atoms with Crippen LogP contribution in [0.15, 0.2) is 67.3 Å². The van der Waals surface area contributed by atoms with E-state index in [1.807, 2.05) is 13.0 Å². The molecule has 8 heteroatoms. The smallest absolute Gasteiger partial charge is 0.336 e. The number of halogens is 1. The summed E-state index contributed by atoms with van der Waals surface area (Å²) in [6, 6.07) is 11.8. The van der Waals surface area contributed by atoms with Crippen molar-refractivity contribution in [3.05, 3.63) is 85.2 Å². The van der Waals surface area contributed by atoms with Gasteiger partial charge in [0.1, 0.15) is 18.7 Å². The lowest BCUT2D eigenvalue weighted by atomic mass is 10.1. The number of aryl methyl sites for hydroxylation is 1. The number of aromatic nitrogens is 2. The topological polar surface area (TPSA) is 91.4 Å². The second-order valence-electron chi connectivity index (χ2n) is 6.54. The lowest BCUT2D eigenvalue weighted by molar-refractivity contribution is -0.145. The number of carbonyl (C=O) groups excluding carboxylic acids is 1. The van der Waals surface area contributed by atoms with E-state index in [1.54, 1.807) is 30.3 Å². The number of ether oxygens (including phenoxy) is 1. The minimum absolute atomic E-state index is 0.114. The number of esters is 1. The van der Waals surface area contributed by atoms with Gasteiger partial charge in [0.15, 0.2) is 0 Å². The molecule has 0 unspecified atom stereocenters. The number of fused-ring (bicyclic) bond motifs is 2. The summed E-state index contributed by atoms with van der Waals surface area (Å²) < 4.78 is 12.4. The van der Waals surface area contributed by atoms with E-state index >= 15 is 0 Å². The molecule has 2 aromatic heterocycles. The molecule has 0 amide bonds. The molecule has 146 valence electrons. The third-order valence-corrected chi connectivity index (χ3v) is 5.03. The molecule has 4 aromatic rings. The van der Waals surface area contributed by atoms with E-state index in [1.165, 1.54) is 17.0 Å². The SMILES string of the molecule is Cc1cccc2c(=O)n(CC(=O)OCc3cc(=O)oc4cc(Br)ccc34)cnc12. The summed E-state index contributed by atoms with van der Waals surface area (Å²) in [5, 5.41) is 1.11. The van der Waals surface area contributed by atoms with Gasteiger partial charge >= 0.3 is 11.6 Å². The van der Waals surface area contributed by atoms with Crippen LogP contribution in [-0.4, -0.2) is 15.5 Å². The van der Waals surface area contributed by atoms with Gasteiger partial charge in [-0.2, -0.15) is 0 Å². The van der Waals surface area contributed by atoms with Crippen LogP contribution in [0.5, 0.6) is 0 Å². The average molecular weight is 455 g/mol. The fourth-order valence-electron chi connectivity index (χ4n) is 3.12. The Bertz CT molecular complexity index is 1370. The van der Waals surface area contributed by atoms with Gasteiger partial charge in [-0.25, -0.2) is 9.78 Å². The molecule has 29 heavy (non-hydrogen) atoms. The molecule has 2 aromatic carbocycles. The molecule has 0 aliphatic carbocycles. The van der Waals surface area contributed by atoms with Crippen molar-refractivity contribution in [2.75, 3.05) is 0 Å². The van der Waals surface area contributed by atoms with Gasteiger partial charge in [-0.1, -0.05) is 28.1 Å². The van der Waals surface area contributed by atoms with Crippen LogP contribution < -0.4 is 11.2 Å². The molecule has 0 spiro atoms. The second kappa shape index (κ2) is 7.63. The molecule has 0 saturated heterocycles. The summed E-state index contributed by atoms with van der Waals surface area (Å²) >= 11 is 3.32. The molecule has 0 aliphatic rings. The first kappa shape index (κ1) is 19.1. The molecule has 0 radical (unpaired) electrons. The first-order chi connectivity index (χ1) is 13.9. The quantitative estimate of drug-likeness (QED) is 0.347. The molecule has 0 fully saturated rings. The highest BCUT2D eigenvalue weighted by atomic mass is 79.9. The molecule has 7 nitrogen and oxygen atoms in total. The summed E-state index contributed by atoms with van der Waals surface area (Å²) in [7, 11) is 0. The van der Waals surface area contributed by atoms with Gasteiger partial charge in [0.05, 0.1) is 17.2 Å². The van der Waals surface area contributed by atoms with Gasteiger partial charge in [0.2, 0.25) is 0 Å². The number of hydrogen-bond donors (Lipinski definition) is 0. The Kier molecular flexibility index (Phi) is 5.02. The van der Waals surface area contributed by atoms with E-state index in [4.69, 9.17) is 9.15 Å². The van der Waals surface area contributed by atoms with Crippen LogP contribution in [0.3, 0.4) is 0 Å². The van der Waals surface area contributed by atoms with Crippen LogP contribution in [0.25, 0.3) is 21.9 Å².